The molecule has 1 amide bonds. The Morgan fingerprint density at radius 3 is 2.29 bits per heavy atom. The molecule has 0 aliphatic heterocycles. The fourth-order valence-electron chi connectivity index (χ4n) is 1.76. The minimum Gasteiger partial charge on any atom is -0.481 e. The van der Waals surface area contributed by atoms with Crippen molar-refractivity contribution in [3.63, 3.8) is 0 Å². The molecule has 7 nitrogen and oxygen atoms in total. The highest BCUT2D eigenvalue weighted by atomic mass is 16.4. The van der Waals surface area contributed by atoms with Crippen LogP contribution in [0.5, 0.6) is 0 Å². The summed E-state index contributed by atoms with van der Waals surface area (Å²) in [6.07, 6.45) is -0.252. The number of carboxylic acids is 2. The third kappa shape index (κ3) is 6.05. The van der Waals surface area contributed by atoms with Crippen LogP contribution in [0.1, 0.15) is 18.4 Å². The molecule has 0 aromatic heterocycles. The van der Waals surface area contributed by atoms with E-state index in [1.807, 2.05) is 30.3 Å². The summed E-state index contributed by atoms with van der Waals surface area (Å²) in [5, 5.41) is 19.8. The lowest BCUT2D eigenvalue weighted by Crippen LogP contribution is -2.49. The van der Waals surface area contributed by atoms with Crippen LogP contribution in [0.15, 0.2) is 30.3 Å². The molecule has 0 spiro atoms. The summed E-state index contributed by atoms with van der Waals surface area (Å²) in [6.45, 7) is 0. The summed E-state index contributed by atoms with van der Waals surface area (Å²) >= 11 is 0. The molecule has 0 radical (unpaired) electrons. The molecule has 1 aromatic rings. The number of benzene rings is 1. The zero-order chi connectivity index (χ0) is 15.8. The van der Waals surface area contributed by atoms with Crippen molar-refractivity contribution in [2.24, 2.45) is 5.73 Å². The Morgan fingerprint density at radius 1 is 1.14 bits per heavy atom. The van der Waals surface area contributed by atoms with E-state index in [-0.39, 0.29) is 19.3 Å². The Labute approximate surface area is 121 Å². The highest BCUT2D eigenvalue weighted by Crippen LogP contribution is 2.03. The van der Waals surface area contributed by atoms with Gasteiger partial charge in [0.2, 0.25) is 5.91 Å². The number of carbonyl (C=O) groups excluding carboxylic acids is 1. The van der Waals surface area contributed by atoms with Crippen molar-refractivity contribution in [1.29, 1.82) is 0 Å². The highest BCUT2D eigenvalue weighted by Gasteiger charge is 2.23. The first-order chi connectivity index (χ1) is 9.90. The summed E-state index contributed by atoms with van der Waals surface area (Å²) < 4.78 is 0. The summed E-state index contributed by atoms with van der Waals surface area (Å²) in [6, 6.07) is 6.94. The molecule has 7 heteroatoms. The van der Waals surface area contributed by atoms with Crippen LogP contribution in [-0.4, -0.2) is 40.1 Å². The van der Waals surface area contributed by atoms with Crippen LogP contribution in [0.2, 0.25) is 0 Å². The first-order valence-corrected chi connectivity index (χ1v) is 6.44. The van der Waals surface area contributed by atoms with Crippen molar-refractivity contribution in [2.45, 2.75) is 31.3 Å². The summed E-state index contributed by atoms with van der Waals surface area (Å²) in [4.78, 5) is 33.3. The van der Waals surface area contributed by atoms with Gasteiger partial charge in [0, 0.05) is 6.42 Å². The van der Waals surface area contributed by atoms with Gasteiger partial charge in [-0.2, -0.15) is 0 Å². The van der Waals surface area contributed by atoms with Gasteiger partial charge in [-0.25, -0.2) is 4.79 Å². The molecular weight excluding hydrogens is 276 g/mol. The SMILES string of the molecule is N[C@H](Cc1ccccc1)C(=O)N[C@@H](CCC(=O)O)C(=O)O. The second kappa shape index (κ2) is 8.01. The molecule has 5 N–H and O–H groups in total. The average Bonchev–Trinajstić information content (AvgIpc) is 2.43. The minimum absolute atomic E-state index is 0.186. The predicted octanol–water partition coefficient (Wildman–Crippen LogP) is -0.00940. The maximum absolute atomic E-state index is 11.9. The molecule has 0 fully saturated rings. The van der Waals surface area contributed by atoms with Crippen molar-refractivity contribution < 1.29 is 24.6 Å². The van der Waals surface area contributed by atoms with E-state index in [1.54, 1.807) is 0 Å². The standard InChI is InChI=1S/C14H18N2O5/c15-10(8-9-4-2-1-3-5-9)13(19)16-11(14(20)21)6-7-12(17)18/h1-5,10-11H,6-8,15H2,(H,16,19)(H,17,18)(H,20,21)/t10-,11+/m1/s1. The summed E-state index contributed by atoms with van der Waals surface area (Å²) in [5.74, 6) is -3.02. The molecule has 1 aromatic carbocycles. The van der Waals surface area contributed by atoms with Crippen LogP contribution in [0, 0.1) is 0 Å². The lowest BCUT2D eigenvalue weighted by Gasteiger charge is -2.17. The Hall–Kier alpha value is -2.41. The normalized spacial score (nSPS) is 13.2. The van der Waals surface area contributed by atoms with E-state index in [2.05, 4.69) is 5.32 Å². The van der Waals surface area contributed by atoms with Gasteiger partial charge in [0.1, 0.15) is 6.04 Å². The number of nitrogens with one attached hydrogen (secondary N) is 1. The number of aliphatic carboxylic acids is 2. The van der Waals surface area contributed by atoms with Crippen molar-refractivity contribution in [3.8, 4) is 0 Å². The smallest absolute Gasteiger partial charge is 0.326 e. The first-order valence-electron chi connectivity index (χ1n) is 6.44. The molecule has 2 atom stereocenters. The van der Waals surface area contributed by atoms with E-state index in [0.29, 0.717) is 0 Å². The molecular formula is C14H18N2O5. The minimum atomic E-state index is -1.28. The second-order valence-corrected chi connectivity index (χ2v) is 4.63. The molecule has 0 unspecified atom stereocenters. The molecule has 1 rings (SSSR count). The topological polar surface area (TPSA) is 130 Å². The highest BCUT2D eigenvalue weighted by molar-refractivity contribution is 5.87. The van der Waals surface area contributed by atoms with Gasteiger partial charge in [0.05, 0.1) is 6.04 Å². The third-order valence-electron chi connectivity index (χ3n) is 2.90. The molecule has 0 saturated heterocycles. The molecule has 21 heavy (non-hydrogen) atoms. The van der Waals surface area contributed by atoms with Gasteiger partial charge >= 0.3 is 11.9 Å². The Morgan fingerprint density at radius 2 is 1.76 bits per heavy atom. The van der Waals surface area contributed by atoms with Crippen molar-refractivity contribution in [3.05, 3.63) is 35.9 Å². The fourth-order valence-corrected chi connectivity index (χ4v) is 1.76. The zero-order valence-corrected chi connectivity index (χ0v) is 11.4. The number of nitrogens with two attached hydrogens (primary N) is 1. The molecule has 114 valence electrons. The van der Waals surface area contributed by atoms with Crippen LogP contribution in [0.4, 0.5) is 0 Å². The molecule has 0 heterocycles. The van der Waals surface area contributed by atoms with Gasteiger partial charge in [0.25, 0.3) is 0 Å². The molecule has 0 aliphatic carbocycles. The summed E-state index contributed by atoms with van der Waals surface area (Å²) in [7, 11) is 0. The monoisotopic (exact) mass is 294 g/mol. The largest absolute Gasteiger partial charge is 0.481 e. The van der Waals surface area contributed by atoms with E-state index in [9.17, 15) is 14.4 Å². The zero-order valence-electron chi connectivity index (χ0n) is 11.4. The predicted molar refractivity (Wildman–Crippen MR) is 74.6 cm³/mol. The maximum atomic E-state index is 11.9. The average molecular weight is 294 g/mol. The van der Waals surface area contributed by atoms with E-state index in [4.69, 9.17) is 15.9 Å². The number of hydrogen-bond donors (Lipinski definition) is 4. The lowest BCUT2D eigenvalue weighted by atomic mass is 10.1. The maximum Gasteiger partial charge on any atom is 0.326 e. The quantitative estimate of drug-likeness (QED) is 0.533. The van der Waals surface area contributed by atoms with Gasteiger partial charge in [-0.05, 0) is 18.4 Å². The molecule has 0 saturated carbocycles. The van der Waals surface area contributed by atoms with Crippen LogP contribution >= 0.6 is 0 Å². The fraction of sp³-hybridized carbons (Fsp3) is 0.357. The van der Waals surface area contributed by atoms with Crippen LogP contribution in [-0.2, 0) is 20.8 Å². The van der Waals surface area contributed by atoms with E-state index in [0.717, 1.165) is 5.56 Å². The second-order valence-electron chi connectivity index (χ2n) is 4.63. The number of rotatable bonds is 8. The third-order valence-corrected chi connectivity index (χ3v) is 2.90. The van der Waals surface area contributed by atoms with Gasteiger partial charge < -0.3 is 21.3 Å². The van der Waals surface area contributed by atoms with Crippen LogP contribution in [0.3, 0.4) is 0 Å². The Balaban J connectivity index is 2.56. The van der Waals surface area contributed by atoms with Crippen molar-refractivity contribution in [1.82, 2.24) is 5.32 Å². The number of carbonyl (C=O) groups is 3. The number of hydrogen-bond acceptors (Lipinski definition) is 4. The van der Waals surface area contributed by atoms with Crippen molar-refractivity contribution in [2.75, 3.05) is 0 Å². The lowest BCUT2D eigenvalue weighted by molar-refractivity contribution is -0.143. The van der Waals surface area contributed by atoms with E-state index >= 15 is 0 Å². The number of carboxylic acid groups (broad SMARTS) is 2. The van der Waals surface area contributed by atoms with Gasteiger partial charge in [-0.3, -0.25) is 9.59 Å². The van der Waals surface area contributed by atoms with Gasteiger partial charge in [0.15, 0.2) is 0 Å². The van der Waals surface area contributed by atoms with E-state index < -0.39 is 29.9 Å². The first kappa shape index (κ1) is 16.6. The van der Waals surface area contributed by atoms with Gasteiger partial charge in [-0.1, -0.05) is 30.3 Å². The van der Waals surface area contributed by atoms with E-state index in [1.165, 1.54) is 0 Å². The van der Waals surface area contributed by atoms with Crippen LogP contribution < -0.4 is 11.1 Å². The summed E-state index contributed by atoms with van der Waals surface area (Å²) in [5.41, 5.74) is 6.59. The molecule has 0 bridgehead atoms. The Bertz CT molecular complexity index is 503. The van der Waals surface area contributed by atoms with Crippen LogP contribution in [0.25, 0.3) is 0 Å². The van der Waals surface area contributed by atoms with Gasteiger partial charge in [-0.15, -0.1) is 0 Å². The Kier molecular flexibility index (Phi) is 6.35. The molecule has 0 aliphatic rings. The van der Waals surface area contributed by atoms with Crippen molar-refractivity contribution >= 4 is 17.8 Å². The number of amides is 1.